The second-order valence-electron chi connectivity index (χ2n) is 5.67. The number of nitrogen functional groups attached to an aromatic ring is 1. The summed E-state index contributed by atoms with van der Waals surface area (Å²) < 4.78 is 2.44. The summed E-state index contributed by atoms with van der Waals surface area (Å²) in [7, 11) is 0. The van der Waals surface area contributed by atoms with Crippen LogP contribution in [0.1, 0.15) is 16.1 Å². The fourth-order valence-corrected chi connectivity index (χ4v) is 4.99. The number of nitrogens with two attached hydrogens (primary N) is 1. The van der Waals surface area contributed by atoms with E-state index >= 15 is 0 Å². The molecule has 7 heteroatoms. The number of aromatic nitrogens is 2. The van der Waals surface area contributed by atoms with Crippen LogP contribution in [-0.2, 0) is 19.5 Å². The highest BCUT2D eigenvalue weighted by molar-refractivity contribution is 9.10. The Bertz CT molecular complexity index is 949. The van der Waals surface area contributed by atoms with Crippen LogP contribution in [0.3, 0.4) is 0 Å². The molecule has 1 aliphatic rings. The van der Waals surface area contributed by atoms with Gasteiger partial charge in [0.1, 0.15) is 0 Å². The molecule has 3 N–H and O–H groups in total. The van der Waals surface area contributed by atoms with E-state index < -0.39 is 0 Å². The first kappa shape index (κ1) is 14.9. The van der Waals surface area contributed by atoms with Crippen LogP contribution in [0.4, 0.5) is 5.95 Å². The summed E-state index contributed by atoms with van der Waals surface area (Å²) in [6.45, 7) is 2.31. The largest absolute Gasteiger partial charge is 0.369 e. The predicted molar refractivity (Wildman–Crippen MR) is 96.6 cm³/mol. The summed E-state index contributed by atoms with van der Waals surface area (Å²) >= 11 is 5.52. The number of H-pyrrole nitrogens is 1. The normalized spacial score (nSPS) is 15.0. The molecule has 0 bridgehead atoms. The molecule has 0 radical (unpaired) electrons. The summed E-state index contributed by atoms with van der Waals surface area (Å²) in [5, 5.41) is 1.25. The molecule has 1 aromatic carbocycles. The zero-order valence-corrected chi connectivity index (χ0v) is 14.7. The van der Waals surface area contributed by atoms with Crippen LogP contribution in [0.2, 0.25) is 0 Å². The molecule has 0 saturated carbocycles. The number of nitrogens with one attached hydrogen (secondary N) is 1. The van der Waals surface area contributed by atoms with Crippen molar-refractivity contribution in [2.45, 2.75) is 19.5 Å². The van der Waals surface area contributed by atoms with E-state index in [0.717, 1.165) is 35.2 Å². The minimum Gasteiger partial charge on any atom is -0.369 e. The summed E-state index contributed by atoms with van der Waals surface area (Å²) in [6.07, 6.45) is 0.756. The van der Waals surface area contributed by atoms with E-state index in [1.54, 1.807) is 11.3 Å². The van der Waals surface area contributed by atoms with Gasteiger partial charge in [-0.3, -0.25) is 14.7 Å². The van der Waals surface area contributed by atoms with Gasteiger partial charge in [-0.2, -0.15) is 0 Å². The molecular weight excluding hydrogens is 376 g/mol. The fourth-order valence-electron chi connectivity index (χ4n) is 3.00. The molecule has 0 amide bonds. The highest BCUT2D eigenvalue weighted by Gasteiger charge is 2.22. The Kier molecular flexibility index (Phi) is 3.71. The highest BCUT2D eigenvalue weighted by atomic mass is 79.9. The number of benzene rings is 1. The minimum absolute atomic E-state index is 0.118. The van der Waals surface area contributed by atoms with Gasteiger partial charge in [-0.15, -0.1) is 11.3 Å². The SMILES string of the molecule is Nc1nc2c(c(=O)[nH]1)CN(Cc1sc3ccccc3c1Br)CC2. The lowest BCUT2D eigenvalue weighted by Crippen LogP contribution is -2.35. The van der Waals surface area contributed by atoms with Crippen molar-refractivity contribution in [1.29, 1.82) is 0 Å². The quantitative estimate of drug-likeness (QED) is 0.705. The molecule has 0 saturated heterocycles. The molecule has 1 aliphatic heterocycles. The molecule has 5 nitrogen and oxygen atoms in total. The van der Waals surface area contributed by atoms with Gasteiger partial charge in [-0.05, 0) is 22.0 Å². The Labute approximate surface area is 145 Å². The number of rotatable bonds is 2. The molecule has 3 heterocycles. The second kappa shape index (κ2) is 5.74. The number of thiophene rings is 1. The van der Waals surface area contributed by atoms with Crippen LogP contribution < -0.4 is 11.3 Å². The summed E-state index contributed by atoms with van der Waals surface area (Å²) in [5.41, 5.74) is 7.07. The van der Waals surface area contributed by atoms with E-state index in [-0.39, 0.29) is 11.5 Å². The van der Waals surface area contributed by atoms with Gasteiger partial charge in [0.2, 0.25) is 5.95 Å². The van der Waals surface area contributed by atoms with Crippen molar-refractivity contribution in [3.63, 3.8) is 0 Å². The van der Waals surface area contributed by atoms with Crippen molar-refractivity contribution in [2.24, 2.45) is 0 Å². The summed E-state index contributed by atoms with van der Waals surface area (Å²) in [6, 6.07) is 8.37. The minimum atomic E-state index is -0.118. The molecule has 0 unspecified atom stereocenters. The van der Waals surface area contributed by atoms with Crippen molar-refractivity contribution in [1.82, 2.24) is 14.9 Å². The van der Waals surface area contributed by atoms with Crippen LogP contribution in [0.15, 0.2) is 33.5 Å². The maximum atomic E-state index is 12.1. The van der Waals surface area contributed by atoms with Crippen molar-refractivity contribution < 1.29 is 0 Å². The molecule has 23 heavy (non-hydrogen) atoms. The third-order valence-corrected chi connectivity index (χ3v) is 6.46. The van der Waals surface area contributed by atoms with Gasteiger partial charge in [-0.25, -0.2) is 4.98 Å². The van der Waals surface area contributed by atoms with E-state index in [4.69, 9.17) is 5.73 Å². The van der Waals surface area contributed by atoms with Crippen molar-refractivity contribution in [2.75, 3.05) is 12.3 Å². The Morgan fingerprint density at radius 1 is 1.39 bits per heavy atom. The van der Waals surface area contributed by atoms with Crippen molar-refractivity contribution in [3.8, 4) is 0 Å². The van der Waals surface area contributed by atoms with Gasteiger partial charge < -0.3 is 5.73 Å². The maximum Gasteiger partial charge on any atom is 0.257 e. The van der Waals surface area contributed by atoms with Crippen LogP contribution in [0.5, 0.6) is 0 Å². The lowest BCUT2D eigenvalue weighted by Gasteiger charge is -2.27. The Morgan fingerprint density at radius 2 is 2.22 bits per heavy atom. The van der Waals surface area contributed by atoms with Crippen molar-refractivity contribution in [3.05, 3.63) is 55.2 Å². The lowest BCUT2D eigenvalue weighted by atomic mass is 10.1. The summed E-state index contributed by atoms with van der Waals surface area (Å²) in [4.78, 5) is 22.5. The molecule has 3 aromatic rings. The van der Waals surface area contributed by atoms with E-state index in [1.165, 1.54) is 15.0 Å². The fraction of sp³-hybridized carbons (Fsp3) is 0.250. The molecular formula is C16H15BrN4OS. The predicted octanol–water partition coefficient (Wildman–Crippen LogP) is 2.89. The number of anilines is 1. The van der Waals surface area contributed by atoms with E-state index in [0.29, 0.717) is 6.54 Å². The lowest BCUT2D eigenvalue weighted by molar-refractivity contribution is 0.243. The molecule has 0 atom stereocenters. The van der Waals surface area contributed by atoms with Crippen LogP contribution >= 0.6 is 27.3 Å². The number of fused-ring (bicyclic) bond motifs is 2. The van der Waals surface area contributed by atoms with E-state index in [9.17, 15) is 4.79 Å². The standard InChI is InChI=1S/C16H15BrN4OS/c17-14-9-3-1-2-4-12(9)23-13(14)8-21-6-5-11-10(7-21)15(22)20-16(18)19-11/h1-4H,5-8H2,(H3,18,19,20,22). The molecule has 0 spiro atoms. The monoisotopic (exact) mass is 390 g/mol. The average Bonchev–Trinajstić information content (AvgIpc) is 2.84. The van der Waals surface area contributed by atoms with Gasteiger partial charge in [0.05, 0.1) is 11.3 Å². The van der Waals surface area contributed by atoms with Gasteiger partial charge in [0.15, 0.2) is 0 Å². The molecule has 0 fully saturated rings. The van der Waals surface area contributed by atoms with Crippen LogP contribution in [0.25, 0.3) is 10.1 Å². The highest BCUT2D eigenvalue weighted by Crippen LogP contribution is 2.36. The van der Waals surface area contributed by atoms with Crippen LogP contribution in [-0.4, -0.2) is 21.4 Å². The maximum absolute atomic E-state index is 12.1. The zero-order chi connectivity index (χ0) is 16.0. The Morgan fingerprint density at radius 3 is 3.04 bits per heavy atom. The van der Waals surface area contributed by atoms with Crippen LogP contribution in [0, 0.1) is 0 Å². The smallest absolute Gasteiger partial charge is 0.257 e. The Balaban J connectivity index is 1.62. The topological polar surface area (TPSA) is 75.0 Å². The van der Waals surface area contributed by atoms with Crippen molar-refractivity contribution >= 4 is 43.3 Å². The number of nitrogens with zero attached hydrogens (tertiary/aromatic N) is 2. The third kappa shape index (κ3) is 2.69. The van der Waals surface area contributed by atoms with E-state index in [1.807, 2.05) is 0 Å². The van der Waals surface area contributed by atoms with E-state index in [2.05, 4.69) is 55.1 Å². The van der Waals surface area contributed by atoms with Gasteiger partial charge in [0.25, 0.3) is 5.56 Å². The first-order valence-corrected chi connectivity index (χ1v) is 8.98. The molecule has 118 valence electrons. The average molecular weight is 391 g/mol. The first-order valence-electron chi connectivity index (χ1n) is 7.37. The first-order chi connectivity index (χ1) is 11.1. The van der Waals surface area contributed by atoms with Gasteiger partial charge >= 0.3 is 0 Å². The van der Waals surface area contributed by atoms with Gasteiger partial charge in [0, 0.05) is 45.5 Å². The molecule has 4 rings (SSSR count). The number of aromatic amines is 1. The number of hydrogen-bond acceptors (Lipinski definition) is 5. The van der Waals surface area contributed by atoms with Gasteiger partial charge in [-0.1, -0.05) is 18.2 Å². The zero-order valence-electron chi connectivity index (χ0n) is 12.3. The number of hydrogen-bond donors (Lipinski definition) is 2. The Hall–Kier alpha value is -1.70. The third-order valence-electron chi connectivity index (χ3n) is 4.13. The summed E-state index contributed by atoms with van der Waals surface area (Å²) in [5.74, 6) is 0.203. The second-order valence-corrected chi connectivity index (χ2v) is 7.60. The molecule has 0 aliphatic carbocycles. The number of halogens is 1. The molecule has 2 aromatic heterocycles.